The average Bonchev–Trinajstić information content (AvgIpc) is 3.11. The Morgan fingerprint density at radius 1 is 1.10 bits per heavy atom. The summed E-state index contributed by atoms with van der Waals surface area (Å²) in [6, 6.07) is 11.7. The Balaban J connectivity index is 1.58. The average molecular weight is 442 g/mol. The quantitative estimate of drug-likeness (QED) is 0.690. The zero-order valence-electron chi connectivity index (χ0n) is 17.2. The van der Waals surface area contributed by atoms with Crippen molar-refractivity contribution in [1.82, 2.24) is 9.62 Å². The largest absolute Gasteiger partial charge is 0.497 e. The third-order valence-corrected chi connectivity index (χ3v) is 6.12. The van der Waals surface area contributed by atoms with Crippen LogP contribution in [0, 0.1) is 0 Å². The lowest BCUT2D eigenvalue weighted by Crippen LogP contribution is -2.41. The number of sulfonamides is 1. The van der Waals surface area contributed by atoms with Crippen LogP contribution in [0.25, 0.3) is 12.2 Å². The summed E-state index contributed by atoms with van der Waals surface area (Å²) < 4.78 is 30.8. The minimum absolute atomic E-state index is 0.148. The van der Waals surface area contributed by atoms with E-state index in [2.05, 4.69) is 10.0 Å². The Labute approximate surface area is 180 Å². The maximum Gasteiger partial charge on any atom is 0.256 e. The van der Waals surface area contributed by atoms with E-state index in [1.165, 1.54) is 4.90 Å². The Kier molecular flexibility index (Phi) is 5.55. The van der Waals surface area contributed by atoms with Gasteiger partial charge in [-0.2, -0.15) is 0 Å². The predicted molar refractivity (Wildman–Crippen MR) is 118 cm³/mol. The third kappa shape index (κ3) is 4.62. The number of amides is 2. The van der Waals surface area contributed by atoms with Crippen molar-refractivity contribution >= 4 is 39.7 Å². The standard InChI is InChI=1S/C22H23N3O5S/c1-30-17-8-5-14(6-9-17)3-4-15-7-10-19-18(11-15)22(27)25-13-16(24-31(2,28)29)12-20(25)21(26)23-19/h3-11,16,20,24H,12-13H2,1-2H3,(H,23,26)/b4-3+/t16-,20-/m0/s1. The van der Waals surface area contributed by atoms with Crippen molar-refractivity contribution in [3.8, 4) is 5.75 Å². The van der Waals surface area contributed by atoms with Crippen molar-refractivity contribution < 1.29 is 22.7 Å². The second-order valence-electron chi connectivity index (χ2n) is 7.70. The Bertz CT molecular complexity index is 1160. The van der Waals surface area contributed by atoms with Gasteiger partial charge in [0.05, 0.1) is 24.6 Å². The van der Waals surface area contributed by atoms with Gasteiger partial charge in [0.25, 0.3) is 5.91 Å². The fraction of sp³-hybridized carbons (Fsp3) is 0.273. The summed E-state index contributed by atoms with van der Waals surface area (Å²) in [7, 11) is -1.82. The van der Waals surface area contributed by atoms with E-state index < -0.39 is 22.1 Å². The minimum Gasteiger partial charge on any atom is -0.497 e. The molecule has 2 aromatic carbocycles. The monoisotopic (exact) mass is 441 g/mol. The maximum atomic E-state index is 13.2. The molecule has 0 spiro atoms. The van der Waals surface area contributed by atoms with Crippen LogP contribution in [0.15, 0.2) is 42.5 Å². The smallest absolute Gasteiger partial charge is 0.256 e. The summed E-state index contributed by atoms with van der Waals surface area (Å²) in [6.45, 7) is 0.148. The number of hydrogen-bond acceptors (Lipinski definition) is 5. The van der Waals surface area contributed by atoms with Gasteiger partial charge in [-0.1, -0.05) is 30.4 Å². The Hall–Kier alpha value is -3.17. The highest BCUT2D eigenvalue weighted by molar-refractivity contribution is 7.88. The molecule has 2 amide bonds. The van der Waals surface area contributed by atoms with Gasteiger partial charge < -0.3 is 15.0 Å². The highest BCUT2D eigenvalue weighted by atomic mass is 32.2. The molecule has 0 aromatic heterocycles. The number of hydrogen-bond donors (Lipinski definition) is 2. The summed E-state index contributed by atoms with van der Waals surface area (Å²) in [5.74, 6) is 0.162. The number of benzene rings is 2. The molecule has 0 bridgehead atoms. The van der Waals surface area contributed by atoms with Gasteiger partial charge in [-0.25, -0.2) is 13.1 Å². The molecular weight excluding hydrogens is 418 g/mol. The number of ether oxygens (including phenoxy) is 1. The number of rotatable bonds is 5. The van der Waals surface area contributed by atoms with Crippen LogP contribution in [0.5, 0.6) is 5.75 Å². The summed E-state index contributed by atoms with van der Waals surface area (Å²) >= 11 is 0. The number of fused-ring (bicyclic) bond motifs is 2. The van der Waals surface area contributed by atoms with Crippen molar-refractivity contribution in [3.05, 3.63) is 59.2 Å². The lowest BCUT2D eigenvalue weighted by Gasteiger charge is -2.20. The van der Waals surface area contributed by atoms with Crippen LogP contribution >= 0.6 is 0 Å². The summed E-state index contributed by atoms with van der Waals surface area (Å²) in [4.78, 5) is 27.3. The van der Waals surface area contributed by atoms with E-state index in [1.807, 2.05) is 42.5 Å². The van der Waals surface area contributed by atoms with Crippen LogP contribution in [-0.4, -0.2) is 57.1 Å². The fourth-order valence-corrected chi connectivity index (χ4v) is 4.70. The molecule has 1 saturated heterocycles. The first-order chi connectivity index (χ1) is 14.7. The number of nitrogens with one attached hydrogen (secondary N) is 2. The molecule has 2 aliphatic heterocycles. The van der Waals surface area contributed by atoms with Crippen LogP contribution in [0.1, 0.15) is 27.9 Å². The molecule has 162 valence electrons. The van der Waals surface area contributed by atoms with Gasteiger partial charge in [0, 0.05) is 12.6 Å². The van der Waals surface area contributed by atoms with Gasteiger partial charge in [0.1, 0.15) is 11.8 Å². The Morgan fingerprint density at radius 3 is 2.45 bits per heavy atom. The highest BCUT2D eigenvalue weighted by Crippen LogP contribution is 2.30. The van der Waals surface area contributed by atoms with Crippen LogP contribution in [0.4, 0.5) is 5.69 Å². The molecule has 1 fully saturated rings. The van der Waals surface area contributed by atoms with Crippen molar-refractivity contribution in [3.63, 3.8) is 0 Å². The van der Waals surface area contributed by atoms with Crippen LogP contribution < -0.4 is 14.8 Å². The molecule has 2 aromatic rings. The number of anilines is 1. The van der Waals surface area contributed by atoms with Gasteiger partial charge in [0.15, 0.2) is 0 Å². The van der Waals surface area contributed by atoms with Gasteiger partial charge >= 0.3 is 0 Å². The van der Waals surface area contributed by atoms with E-state index in [4.69, 9.17) is 4.74 Å². The molecule has 0 aliphatic carbocycles. The highest BCUT2D eigenvalue weighted by Gasteiger charge is 2.43. The number of methoxy groups -OCH3 is 1. The zero-order chi connectivity index (χ0) is 22.2. The molecule has 0 radical (unpaired) electrons. The molecule has 2 atom stereocenters. The first kappa shape index (κ1) is 21.1. The number of carbonyl (C=O) groups excluding carboxylic acids is 2. The van der Waals surface area contributed by atoms with E-state index in [-0.39, 0.29) is 24.8 Å². The summed E-state index contributed by atoms with van der Waals surface area (Å²) in [6.07, 6.45) is 5.11. The van der Waals surface area contributed by atoms with Crippen molar-refractivity contribution in [2.24, 2.45) is 0 Å². The van der Waals surface area contributed by atoms with Gasteiger partial charge in [-0.05, 0) is 41.8 Å². The molecule has 0 unspecified atom stereocenters. The molecular formula is C22H23N3O5S. The molecule has 2 aliphatic rings. The second kappa shape index (κ2) is 8.16. The molecule has 8 nitrogen and oxygen atoms in total. The van der Waals surface area contributed by atoms with Crippen molar-refractivity contribution in [2.75, 3.05) is 25.2 Å². The number of nitrogens with zero attached hydrogens (tertiary/aromatic N) is 1. The van der Waals surface area contributed by atoms with Gasteiger partial charge in [0.2, 0.25) is 15.9 Å². The van der Waals surface area contributed by atoms with Gasteiger partial charge in [-0.15, -0.1) is 0 Å². The van der Waals surface area contributed by atoms with Crippen LogP contribution in [0.2, 0.25) is 0 Å². The van der Waals surface area contributed by atoms with Crippen LogP contribution in [-0.2, 0) is 14.8 Å². The Morgan fingerprint density at radius 2 is 1.77 bits per heavy atom. The predicted octanol–water partition coefficient (Wildman–Crippen LogP) is 1.95. The summed E-state index contributed by atoms with van der Waals surface area (Å²) in [5, 5.41) is 2.80. The normalized spacial score (nSPS) is 20.9. The maximum absolute atomic E-state index is 13.2. The molecule has 9 heteroatoms. The second-order valence-corrected chi connectivity index (χ2v) is 9.48. The van der Waals surface area contributed by atoms with Crippen molar-refractivity contribution in [2.45, 2.75) is 18.5 Å². The van der Waals surface area contributed by atoms with E-state index in [9.17, 15) is 18.0 Å². The third-order valence-electron chi connectivity index (χ3n) is 5.36. The first-order valence-electron chi connectivity index (χ1n) is 9.79. The molecule has 2 heterocycles. The SMILES string of the molecule is COc1ccc(/C=C/c2ccc3c(c2)C(=O)N2C[C@@H](NS(C)(=O)=O)C[C@H]2C(=O)N3)cc1. The fourth-order valence-electron chi connectivity index (χ4n) is 3.93. The topological polar surface area (TPSA) is 105 Å². The summed E-state index contributed by atoms with van der Waals surface area (Å²) in [5.41, 5.74) is 2.62. The van der Waals surface area contributed by atoms with E-state index >= 15 is 0 Å². The van der Waals surface area contributed by atoms with E-state index in [1.54, 1.807) is 19.2 Å². The van der Waals surface area contributed by atoms with E-state index in [0.29, 0.717) is 11.3 Å². The molecule has 31 heavy (non-hydrogen) atoms. The zero-order valence-corrected chi connectivity index (χ0v) is 18.0. The first-order valence-corrected chi connectivity index (χ1v) is 11.7. The van der Waals surface area contributed by atoms with Crippen LogP contribution in [0.3, 0.4) is 0 Å². The van der Waals surface area contributed by atoms with Gasteiger partial charge in [-0.3, -0.25) is 9.59 Å². The lowest BCUT2D eigenvalue weighted by atomic mass is 10.1. The number of carbonyl (C=O) groups is 2. The molecule has 0 saturated carbocycles. The lowest BCUT2D eigenvalue weighted by molar-refractivity contribution is -0.119. The minimum atomic E-state index is -3.44. The van der Waals surface area contributed by atoms with Crippen molar-refractivity contribution in [1.29, 1.82) is 0 Å². The molecule has 2 N–H and O–H groups in total. The molecule has 4 rings (SSSR count). The van der Waals surface area contributed by atoms with E-state index in [0.717, 1.165) is 23.1 Å².